The fourth-order valence-electron chi connectivity index (χ4n) is 1.94. The van der Waals surface area contributed by atoms with Crippen LogP contribution in [0.25, 0.3) is 0 Å². The molecule has 0 amide bonds. The van der Waals surface area contributed by atoms with Gasteiger partial charge in [-0.05, 0) is 44.9 Å². The van der Waals surface area contributed by atoms with Crippen molar-refractivity contribution < 1.29 is 9.90 Å². The molecule has 22 heavy (non-hydrogen) atoms. The molecule has 0 rings (SSSR count). The lowest BCUT2D eigenvalue weighted by Crippen LogP contribution is -1.92. The van der Waals surface area contributed by atoms with Crippen LogP contribution in [0.15, 0.2) is 48.6 Å². The molecular formula is C20H32O2. The number of unbranched alkanes of at least 4 members (excludes halogenated alkanes) is 5. The molecular weight excluding hydrogens is 272 g/mol. The van der Waals surface area contributed by atoms with E-state index in [1.54, 1.807) is 0 Å². The SMILES string of the molecule is CCCCCC=CCC=CC=CCCC=CCCCC(=O)O. The Labute approximate surface area is 136 Å². The van der Waals surface area contributed by atoms with E-state index >= 15 is 0 Å². The van der Waals surface area contributed by atoms with Crippen LogP contribution in [0, 0.1) is 0 Å². The van der Waals surface area contributed by atoms with E-state index in [-0.39, 0.29) is 6.42 Å². The van der Waals surface area contributed by atoms with Gasteiger partial charge in [-0.25, -0.2) is 0 Å². The zero-order chi connectivity index (χ0) is 16.3. The van der Waals surface area contributed by atoms with Gasteiger partial charge in [0.15, 0.2) is 0 Å². The molecule has 0 heterocycles. The largest absolute Gasteiger partial charge is 0.481 e. The topological polar surface area (TPSA) is 37.3 Å². The minimum atomic E-state index is -0.709. The molecule has 0 aromatic heterocycles. The molecule has 0 saturated heterocycles. The van der Waals surface area contributed by atoms with E-state index in [4.69, 9.17) is 5.11 Å². The van der Waals surface area contributed by atoms with Crippen LogP contribution in [0.5, 0.6) is 0 Å². The average molecular weight is 304 g/mol. The molecule has 0 radical (unpaired) electrons. The van der Waals surface area contributed by atoms with Crippen molar-refractivity contribution in [3.8, 4) is 0 Å². The van der Waals surface area contributed by atoms with E-state index in [1.165, 1.54) is 25.7 Å². The Morgan fingerprint density at radius 1 is 0.773 bits per heavy atom. The first-order chi connectivity index (χ1) is 10.8. The number of aliphatic carboxylic acids is 1. The van der Waals surface area contributed by atoms with Crippen LogP contribution >= 0.6 is 0 Å². The van der Waals surface area contributed by atoms with E-state index in [9.17, 15) is 4.79 Å². The number of carboxylic acids is 1. The minimum absolute atomic E-state index is 0.266. The molecule has 0 aromatic carbocycles. The molecule has 0 aliphatic heterocycles. The normalized spacial score (nSPS) is 12.4. The van der Waals surface area contributed by atoms with Crippen molar-refractivity contribution in [3.63, 3.8) is 0 Å². The summed E-state index contributed by atoms with van der Waals surface area (Å²) in [5.41, 5.74) is 0. The summed E-state index contributed by atoms with van der Waals surface area (Å²) in [6, 6.07) is 0. The Kier molecular flexibility index (Phi) is 16.2. The van der Waals surface area contributed by atoms with Gasteiger partial charge in [-0.1, -0.05) is 68.4 Å². The number of hydrogen-bond acceptors (Lipinski definition) is 1. The summed E-state index contributed by atoms with van der Waals surface area (Å²) < 4.78 is 0. The lowest BCUT2D eigenvalue weighted by atomic mass is 10.2. The van der Waals surface area contributed by atoms with Crippen molar-refractivity contribution in [2.45, 2.75) is 71.1 Å². The number of hydrogen-bond donors (Lipinski definition) is 1. The van der Waals surface area contributed by atoms with E-state index < -0.39 is 5.97 Å². The second kappa shape index (κ2) is 17.5. The Balaban J connectivity index is 3.40. The van der Waals surface area contributed by atoms with Crippen molar-refractivity contribution in [2.24, 2.45) is 0 Å². The van der Waals surface area contributed by atoms with Gasteiger partial charge in [-0.3, -0.25) is 4.79 Å². The van der Waals surface area contributed by atoms with Crippen molar-refractivity contribution >= 4 is 5.97 Å². The first-order valence-electron chi connectivity index (χ1n) is 8.60. The van der Waals surface area contributed by atoms with Crippen LogP contribution < -0.4 is 0 Å². The predicted octanol–water partition coefficient (Wildman–Crippen LogP) is 6.22. The molecule has 0 aliphatic carbocycles. The van der Waals surface area contributed by atoms with Crippen molar-refractivity contribution in [1.82, 2.24) is 0 Å². The van der Waals surface area contributed by atoms with E-state index in [2.05, 4.69) is 55.5 Å². The Hall–Kier alpha value is -1.57. The van der Waals surface area contributed by atoms with Crippen LogP contribution in [0.2, 0.25) is 0 Å². The molecule has 2 heteroatoms. The van der Waals surface area contributed by atoms with E-state index in [0.717, 1.165) is 32.1 Å². The maximum Gasteiger partial charge on any atom is 0.303 e. The van der Waals surface area contributed by atoms with Gasteiger partial charge in [0.05, 0.1) is 0 Å². The molecule has 0 fully saturated rings. The number of allylic oxidation sites excluding steroid dienone is 8. The third kappa shape index (κ3) is 18.4. The first kappa shape index (κ1) is 20.4. The summed E-state index contributed by atoms with van der Waals surface area (Å²) in [7, 11) is 0. The second-order valence-electron chi connectivity index (χ2n) is 5.39. The molecule has 0 bridgehead atoms. The highest BCUT2D eigenvalue weighted by molar-refractivity contribution is 5.66. The monoisotopic (exact) mass is 304 g/mol. The zero-order valence-corrected chi connectivity index (χ0v) is 14.0. The molecule has 0 atom stereocenters. The Morgan fingerprint density at radius 3 is 2.18 bits per heavy atom. The molecule has 0 spiro atoms. The van der Waals surface area contributed by atoms with Gasteiger partial charge in [-0.2, -0.15) is 0 Å². The maximum absolute atomic E-state index is 10.3. The van der Waals surface area contributed by atoms with Gasteiger partial charge in [0.25, 0.3) is 0 Å². The Morgan fingerprint density at radius 2 is 1.41 bits per heavy atom. The zero-order valence-electron chi connectivity index (χ0n) is 14.0. The second-order valence-corrected chi connectivity index (χ2v) is 5.39. The van der Waals surface area contributed by atoms with Gasteiger partial charge >= 0.3 is 5.97 Å². The van der Waals surface area contributed by atoms with Gasteiger partial charge in [-0.15, -0.1) is 0 Å². The summed E-state index contributed by atoms with van der Waals surface area (Å²) in [4.78, 5) is 10.3. The molecule has 1 N–H and O–H groups in total. The minimum Gasteiger partial charge on any atom is -0.481 e. The molecule has 2 nitrogen and oxygen atoms in total. The molecule has 0 aromatic rings. The fraction of sp³-hybridized carbons (Fsp3) is 0.550. The highest BCUT2D eigenvalue weighted by atomic mass is 16.4. The van der Waals surface area contributed by atoms with Gasteiger partial charge in [0, 0.05) is 6.42 Å². The number of rotatable bonds is 14. The van der Waals surface area contributed by atoms with Crippen molar-refractivity contribution in [3.05, 3.63) is 48.6 Å². The predicted molar refractivity (Wildman–Crippen MR) is 96.0 cm³/mol. The molecule has 0 saturated carbocycles. The summed E-state index contributed by atoms with van der Waals surface area (Å²) >= 11 is 0. The quantitative estimate of drug-likeness (QED) is 0.235. The van der Waals surface area contributed by atoms with Crippen LogP contribution in [-0.4, -0.2) is 11.1 Å². The lowest BCUT2D eigenvalue weighted by Gasteiger charge is -1.91. The van der Waals surface area contributed by atoms with Gasteiger partial charge in [0.2, 0.25) is 0 Å². The third-order valence-corrected chi connectivity index (χ3v) is 3.22. The summed E-state index contributed by atoms with van der Waals surface area (Å²) in [5.74, 6) is -0.709. The van der Waals surface area contributed by atoms with Crippen LogP contribution in [0.1, 0.15) is 71.1 Å². The van der Waals surface area contributed by atoms with Crippen molar-refractivity contribution in [2.75, 3.05) is 0 Å². The molecule has 0 unspecified atom stereocenters. The van der Waals surface area contributed by atoms with E-state index in [1.807, 2.05) is 0 Å². The summed E-state index contributed by atoms with van der Waals surface area (Å²) in [6.45, 7) is 2.23. The fourth-order valence-corrected chi connectivity index (χ4v) is 1.94. The maximum atomic E-state index is 10.3. The highest BCUT2D eigenvalue weighted by Gasteiger charge is 1.92. The van der Waals surface area contributed by atoms with Crippen LogP contribution in [0.4, 0.5) is 0 Å². The Bertz CT molecular complexity index is 362. The summed E-state index contributed by atoms with van der Waals surface area (Å²) in [5, 5.41) is 8.50. The van der Waals surface area contributed by atoms with Gasteiger partial charge in [0.1, 0.15) is 0 Å². The standard InChI is InChI=1S/C20H32O2/c1-2-3-4-5-6-7-8-9-10-11-12-13-14-15-16-17-18-19-20(21)22/h6-7,9-12,15-16H,2-5,8,13-14,17-19H2,1H3,(H,21,22). The third-order valence-electron chi connectivity index (χ3n) is 3.22. The summed E-state index contributed by atoms with van der Waals surface area (Å²) in [6.07, 6.45) is 27.3. The molecule has 124 valence electrons. The lowest BCUT2D eigenvalue weighted by molar-refractivity contribution is -0.137. The average Bonchev–Trinajstić information content (AvgIpc) is 2.50. The van der Waals surface area contributed by atoms with E-state index in [0.29, 0.717) is 0 Å². The molecule has 0 aliphatic rings. The van der Waals surface area contributed by atoms with Crippen LogP contribution in [-0.2, 0) is 4.79 Å². The smallest absolute Gasteiger partial charge is 0.303 e. The first-order valence-corrected chi connectivity index (χ1v) is 8.60. The number of carboxylic acid groups (broad SMARTS) is 1. The number of carbonyl (C=O) groups is 1. The highest BCUT2D eigenvalue weighted by Crippen LogP contribution is 2.01. The van der Waals surface area contributed by atoms with Gasteiger partial charge < -0.3 is 5.11 Å². The van der Waals surface area contributed by atoms with Crippen LogP contribution in [0.3, 0.4) is 0 Å². The van der Waals surface area contributed by atoms with Crippen molar-refractivity contribution in [1.29, 1.82) is 0 Å².